The van der Waals surface area contributed by atoms with Crippen LogP contribution in [0, 0.1) is 16.7 Å². The van der Waals surface area contributed by atoms with Gasteiger partial charge >= 0.3 is 0 Å². The first kappa shape index (κ1) is 17.0. The first-order valence-electron chi connectivity index (χ1n) is 9.01. The molecule has 6 heteroatoms. The molecule has 2 aromatic rings. The largest absolute Gasteiger partial charge is 0.355 e. The van der Waals surface area contributed by atoms with Crippen molar-refractivity contribution in [3.8, 4) is 6.07 Å². The van der Waals surface area contributed by atoms with E-state index in [2.05, 4.69) is 37.7 Å². The van der Waals surface area contributed by atoms with E-state index >= 15 is 0 Å². The Morgan fingerprint density at radius 3 is 2.92 bits per heavy atom. The second-order valence-corrected chi connectivity index (χ2v) is 8.11. The lowest BCUT2D eigenvalue weighted by Gasteiger charge is -2.35. The molecular weight excluding hydrogens is 344 g/mol. The van der Waals surface area contributed by atoms with Crippen molar-refractivity contribution in [2.45, 2.75) is 38.8 Å². The lowest BCUT2D eigenvalue weighted by molar-refractivity contribution is -0.130. The monoisotopic (exact) mass is 366 g/mol. The van der Waals surface area contributed by atoms with Crippen molar-refractivity contribution in [1.82, 2.24) is 9.88 Å². The van der Waals surface area contributed by atoms with Gasteiger partial charge < -0.3 is 9.80 Å². The van der Waals surface area contributed by atoms with Gasteiger partial charge in [-0.05, 0) is 59.2 Å². The topological polar surface area (TPSA) is 60.2 Å². The van der Waals surface area contributed by atoms with Gasteiger partial charge in [-0.2, -0.15) is 16.6 Å². The molecule has 0 N–H and O–H groups in total. The molecule has 26 heavy (non-hydrogen) atoms. The number of thiophene rings is 1. The van der Waals surface area contributed by atoms with Gasteiger partial charge in [-0.15, -0.1) is 0 Å². The minimum absolute atomic E-state index is 0.164. The molecule has 0 radical (unpaired) electrons. The number of anilines is 1. The summed E-state index contributed by atoms with van der Waals surface area (Å²) < 4.78 is 0. The fourth-order valence-electron chi connectivity index (χ4n) is 4.22. The van der Waals surface area contributed by atoms with E-state index in [-0.39, 0.29) is 11.3 Å². The highest BCUT2D eigenvalue weighted by Crippen LogP contribution is 2.57. The number of amides is 1. The van der Waals surface area contributed by atoms with Crippen molar-refractivity contribution >= 4 is 23.1 Å². The molecule has 4 rings (SSSR count). The predicted molar refractivity (Wildman–Crippen MR) is 102 cm³/mol. The fraction of sp³-hybridized carbons (Fsp3) is 0.450. The zero-order valence-corrected chi connectivity index (χ0v) is 15.7. The molecule has 1 atom stereocenters. The first-order chi connectivity index (χ1) is 12.6. The van der Waals surface area contributed by atoms with Gasteiger partial charge in [-0.3, -0.25) is 4.79 Å². The molecule has 2 aromatic heterocycles. The summed E-state index contributed by atoms with van der Waals surface area (Å²) >= 11 is 1.68. The van der Waals surface area contributed by atoms with Crippen LogP contribution in [-0.2, 0) is 11.3 Å². The Hall–Kier alpha value is -2.39. The number of pyridine rings is 1. The van der Waals surface area contributed by atoms with E-state index in [0.717, 1.165) is 38.2 Å². The van der Waals surface area contributed by atoms with Crippen LogP contribution >= 0.6 is 11.3 Å². The summed E-state index contributed by atoms with van der Waals surface area (Å²) in [5.74, 6) is 0.959. The Morgan fingerprint density at radius 1 is 1.46 bits per heavy atom. The quantitative estimate of drug-likeness (QED) is 0.832. The molecule has 5 nitrogen and oxygen atoms in total. The van der Waals surface area contributed by atoms with Crippen molar-refractivity contribution < 1.29 is 4.79 Å². The van der Waals surface area contributed by atoms with Crippen molar-refractivity contribution in [1.29, 1.82) is 5.26 Å². The summed E-state index contributed by atoms with van der Waals surface area (Å²) in [4.78, 5) is 20.9. The highest BCUT2D eigenvalue weighted by molar-refractivity contribution is 7.07. The van der Waals surface area contributed by atoms with E-state index in [4.69, 9.17) is 0 Å². The van der Waals surface area contributed by atoms with Gasteiger partial charge in [0.1, 0.15) is 11.9 Å². The molecular formula is C20H22N4OS. The molecule has 1 amide bonds. The van der Waals surface area contributed by atoms with E-state index in [1.54, 1.807) is 30.5 Å². The van der Waals surface area contributed by atoms with Crippen molar-refractivity contribution in [3.63, 3.8) is 0 Å². The van der Waals surface area contributed by atoms with Gasteiger partial charge in [-0.25, -0.2) is 4.98 Å². The van der Waals surface area contributed by atoms with Crippen LogP contribution in [0.3, 0.4) is 0 Å². The molecule has 1 saturated heterocycles. The number of aromatic nitrogens is 1. The maximum Gasteiger partial charge on any atom is 0.220 e. The summed E-state index contributed by atoms with van der Waals surface area (Å²) in [7, 11) is 0. The third-order valence-electron chi connectivity index (χ3n) is 5.83. The summed E-state index contributed by atoms with van der Waals surface area (Å²) in [6, 6.07) is 8.32. The minimum Gasteiger partial charge on any atom is -0.355 e. The number of hydrogen-bond acceptors (Lipinski definition) is 5. The number of nitrogens with zero attached hydrogens (tertiary/aromatic N) is 4. The molecule has 0 aromatic carbocycles. The van der Waals surface area contributed by atoms with Gasteiger partial charge in [0.15, 0.2) is 0 Å². The minimum atomic E-state index is 0.164. The summed E-state index contributed by atoms with van der Waals surface area (Å²) in [6.45, 7) is 4.19. The Bertz CT molecular complexity index is 834. The van der Waals surface area contributed by atoms with Crippen molar-refractivity contribution in [2.24, 2.45) is 5.41 Å². The van der Waals surface area contributed by atoms with Crippen LogP contribution in [0.25, 0.3) is 0 Å². The maximum absolute atomic E-state index is 12.2. The average molecular weight is 366 g/mol. The van der Waals surface area contributed by atoms with Crippen LogP contribution in [0.4, 0.5) is 5.82 Å². The molecule has 134 valence electrons. The lowest BCUT2D eigenvalue weighted by Crippen LogP contribution is -2.40. The Balaban J connectivity index is 1.43. The number of carbonyl (C=O) groups excluding carboxylic acids is 1. The van der Waals surface area contributed by atoms with E-state index < -0.39 is 0 Å². The normalized spacial score (nSPS) is 20.6. The number of hydrogen-bond donors (Lipinski definition) is 0. The molecule has 2 aliphatic rings. The van der Waals surface area contributed by atoms with Gasteiger partial charge in [-0.1, -0.05) is 0 Å². The first-order valence-corrected chi connectivity index (χ1v) is 9.96. The van der Waals surface area contributed by atoms with Crippen molar-refractivity contribution in [2.75, 3.05) is 18.0 Å². The van der Waals surface area contributed by atoms with Crippen LogP contribution in [0.2, 0.25) is 0 Å². The van der Waals surface area contributed by atoms with Gasteiger partial charge in [0.25, 0.3) is 0 Å². The summed E-state index contributed by atoms with van der Waals surface area (Å²) in [6.07, 6.45) is 4.94. The second kappa shape index (κ2) is 6.73. The Kier molecular flexibility index (Phi) is 4.41. The third kappa shape index (κ3) is 3.08. The van der Waals surface area contributed by atoms with Crippen LogP contribution in [0.15, 0.2) is 35.2 Å². The molecule has 0 bridgehead atoms. The van der Waals surface area contributed by atoms with Crippen LogP contribution in [0.1, 0.15) is 37.3 Å². The van der Waals surface area contributed by atoms with Crippen molar-refractivity contribution in [3.05, 3.63) is 46.3 Å². The molecule has 1 unspecified atom stereocenters. The lowest BCUT2D eigenvalue weighted by atomic mass is 9.92. The smallest absolute Gasteiger partial charge is 0.220 e. The zero-order valence-electron chi connectivity index (χ0n) is 14.9. The van der Waals surface area contributed by atoms with Crippen LogP contribution < -0.4 is 4.90 Å². The van der Waals surface area contributed by atoms with Crippen LogP contribution in [-0.4, -0.2) is 34.9 Å². The highest BCUT2D eigenvalue weighted by Gasteiger charge is 2.58. The fourth-order valence-corrected chi connectivity index (χ4v) is 4.88. The molecule has 1 aliphatic carbocycles. The molecule has 1 spiro atoms. The summed E-state index contributed by atoms with van der Waals surface area (Å²) in [5, 5.41) is 13.5. The molecule has 1 saturated carbocycles. The highest BCUT2D eigenvalue weighted by atomic mass is 32.1. The number of carbonyl (C=O) groups is 1. The average Bonchev–Trinajstić information content (AvgIpc) is 3.09. The second-order valence-electron chi connectivity index (χ2n) is 7.33. The van der Waals surface area contributed by atoms with E-state index in [1.165, 1.54) is 5.56 Å². The van der Waals surface area contributed by atoms with Crippen LogP contribution in [0.5, 0.6) is 0 Å². The van der Waals surface area contributed by atoms with E-state index in [1.807, 2.05) is 6.07 Å². The van der Waals surface area contributed by atoms with E-state index in [9.17, 15) is 10.1 Å². The third-order valence-corrected chi connectivity index (χ3v) is 6.56. The molecule has 3 heterocycles. The molecule has 2 fully saturated rings. The summed E-state index contributed by atoms with van der Waals surface area (Å²) in [5.41, 5.74) is 2.11. The zero-order chi connectivity index (χ0) is 18.1. The number of rotatable bonds is 4. The standard InChI is InChI=1S/C20H22N4OS/c1-15(25)24(13-16-4-10-26-14-16)18-11-20(18)5-8-23(9-6-20)19-17(12-21)3-2-7-22-19/h2-4,7,10,14,18H,5-6,8-9,11,13H2,1H3. The Labute approximate surface area is 157 Å². The van der Waals surface area contributed by atoms with Gasteiger partial charge in [0, 0.05) is 38.8 Å². The number of piperidine rings is 1. The number of nitriles is 1. The van der Waals surface area contributed by atoms with Gasteiger partial charge in [0.05, 0.1) is 5.56 Å². The SMILES string of the molecule is CC(=O)N(Cc1ccsc1)C1CC12CCN(c1ncccc1C#N)CC2. The van der Waals surface area contributed by atoms with E-state index in [0.29, 0.717) is 18.2 Å². The predicted octanol–water partition coefficient (Wildman–Crippen LogP) is 3.42. The maximum atomic E-state index is 12.2. The van der Waals surface area contributed by atoms with Gasteiger partial charge in [0.2, 0.25) is 5.91 Å². The Morgan fingerprint density at radius 2 is 2.27 bits per heavy atom. The molecule has 1 aliphatic heterocycles.